The van der Waals surface area contributed by atoms with E-state index in [-0.39, 0.29) is 18.4 Å². The number of carbonyl (C=O) groups is 2. The highest BCUT2D eigenvalue weighted by Crippen LogP contribution is 2.42. The molecule has 0 aliphatic carbocycles. The summed E-state index contributed by atoms with van der Waals surface area (Å²) in [6, 6.07) is 23.0. The third kappa shape index (κ3) is 7.17. The molecule has 2 amide bonds. The number of nitrogens with one attached hydrogen (secondary N) is 1. The molecule has 1 fully saturated rings. The van der Waals surface area contributed by atoms with Gasteiger partial charge in [-0.25, -0.2) is 0 Å². The quantitative estimate of drug-likeness (QED) is 0.269. The van der Waals surface area contributed by atoms with Crippen LogP contribution in [0.1, 0.15) is 12.0 Å². The van der Waals surface area contributed by atoms with Crippen molar-refractivity contribution in [1.29, 1.82) is 0 Å². The number of halogens is 2. The van der Waals surface area contributed by atoms with E-state index >= 15 is 0 Å². The predicted octanol–water partition coefficient (Wildman–Crippen LogP) is 5.80. The zero-order valence-electron chi connectivity index (χ0n) is 21.5. The van der Waals surface area contributed by atoms with Crippen molar-refractivity contribution in [3.63, 3.8) is 0 Å². The van der Waals surface area contributed by atoms with Crippen LogP contribution in [0, 0.1) is 0 Å². The molecule has 3 aromatic carbocycles. The number of thioether (sulfide) groups is 1. The number of para-hydroxylation sites is 1. The van der Waals surface area contributed by atoms with E-state index in [4.69, 9.17) is 23.2 Å². The van der Waals surface area contributed by atoms with Gasteiger partial charge in [0.25, 0.3) is 5.91 Å². The van der Waals surface area contributed by atoms with Crippen molar-refractivity contribution < 1.29 is 9.59 Å². The second-order valence-corrected chi connectivity index (χ2v) is 11.5. The molecule has 0 aromatic heterocycles. The fourth-order valence-corrected chi connectivity index (χ4v) is 6.24. The first-order valence-electron chi connectivity index (χ1n) is 13.0. The molecule has 202 valence electrons. The van der Waals surface area contributed by atoms with Gasteiger partial charge in [-0.1, -0.05) is 65.3 Å². The van der Waals surface area contributed by atoms with Crippen LogP contribution in [0.5, 0.6) is 0 Å². The Morgan fingerprint density at radius 1 is 0.923 bits per heavy atom. The van der Waals surface area contributed by atoms with Gasteiger partial charge in [-0.15, -0.1) is 0 Å². The lowest BCUT2D eigenvalue weighted by molar-refractivity contribution is -0.122. The van der Waals surface area contributed by atoms with Crippen molar-refractivity contribution in [2.75, 3.05) is 55.6 Å². The van der Waals surface area contributed by atoms with Crippen LogP contribution >= 0.6 is 35.0 Å². The van der Waals surface area contributed by atoms with E-state index in [0.29, 0.717) is 16.5 Å². The standard InChI is InChI=1S/C30H30Cl2N4O2S/c31-23-7-3-6-22(18-23)19-28-30(38)36(26-10-1-2-11-27(26)39-28)21-29(37)33-12-5-13-34-14-16-35(17-15-34)25-9-4-8-24(32)20-25/h1-4,6-11,18-20H,5,12-17,21H2,(H,33,37)/b28-19-. The number of hydrogen-bond donors (Lipinski definition) is 1. The van der Waals surface area contributed by atoms with E-state index in [2.05, 4.69) is 21.2 Å². The molecule has 0 atom stereocenters. The summed E-state index contributed by atoms with van der Waals surface area (Å²) in [4.78, 5) is 34.1. The van der Waals surface area contributed by atoms with Gasteiger partial charge in [0.2, 0.25) is 5.91 Å². The summed E-state index contributed by atoms with van der Waals surface area (Å²) in [6.45, 7) is 5.30. The number of benzene rings is 3. The molecule has 1 N–H and O–H groups in total. The molecule has 3 aromatic rings. The molecular weight excluding hydrogens is 551 g/mol. The number of piperazine rings is 1. The van der Waals surface area contributed by atoms with Gasteiger partial charge in [0.05, 0.1) is 10.6 Å². The maximum atomic E-state index is 13.4. The molecule has 9 heteroatoms. The monoisotopic (exact) mass is 580 g/mol. The third-order valence-corrected chi connectivity index (χ3v) is 8.35. The Labute approximate surface area is 243 Å². The molecule has 0 unspecified atom stereocenters. The van der Waals surface area contributed by atoms with Gasteiger partial charge in [-0.3, -0.25) is 19.4 Å². The van der Waals surface area contributed by atoms with E-state index in [9.17, 15) is 9.59 Å². The van der Waals surface area contributed by atoms with Crippen molar-refractivity contribution in [2.24, 2.45) is 0 Å². The lowest BCUT2D eigenvalue weighted by Gasteiger charge is -2.36. The number of rotatable bonds is 8. The minimum atomic E-state index is -0.189. The Kier molecular flexibility index (Phi) is 9.14. The van der Waals surface area contributed by atoms with Gasteiger partial charge < -0.3 is 10.2 Å². The average Bonchev–Trinajstić information content (AvgIpc) is 2.94. The van der Waals surface area contributed by atoms with E-state index in [1.54, 1.807) is 11.0 Å². The van der Waals surface area contributed by atoms with Crippen LogP contribution in [0.4, 0.5) is 11.4 Å². The molecule has 2 aliphatic heterocycles. The van der Waals surface area contributed by atoms with Crippen LogP contribution in [0.25, 0.3) is 6.08 Å². The van der Waals surface area contributed by atoms with Gasteiger partial charge in [0.15, 0.2) is 0 Å². The molecule has 0 saturated carbocycles. The minimum absolute atomic E-state index is 0.0262. The molecule has 2 heterocycles. The predicted molar refractivity (Wildman–Crippen MR) is 162 cm³/mol. The van der Waals surface area contributed by atoms with Crippen LogP contribution < -0.4 is 15.1 Å². The topological polar surface area (TPSA) is 55.9 Å². The molecule has 2 aliphatic rings. The van der Waals surface area contributed by atoms with Crippen LogP contribution in [0.2, 0.25) is 10.0 Å². The molecular formula is C30H30Cl2N4O2S. The SMILES string of the molecule is O=C(CN1C(=O)/C(=C/c2cccc(Cl)c2)Sc2ccccc21)NCCCN1CCN(c2cccc(Cl)c2)CC1. The number of carbonyl (C=O) groups excluding carboxylic acids is 2. The first-order valence-corrected chi connectivity index (χ1v) is 14.6. The van der Waals surface area contributed by atoms with Crippen molar-refractivity contribution in [2.45, 2.75) is 11.3 Å². The highest BCUT2D eigenvalue weighted by Gasteiger charge is 2.30. The van der Waals surface area contributed by atoms with Crippen LogP contribution in [-0.4, -0.2) is 62.5 Å². The smallest absolute Gasteiger partial charge is 0.265 e. The number of anilines is 2. The van der Waals surface area contributed by atoms with Gasteiger partial charge in [0, 0.05) is 53.4 Å². The van der Waals surface area contributed by atoms with Gasteiger partial charge in [-0.05, 0) is 67.1 Å². The highest BCUT2D eigenvalue weighted by atomic mass is 35.5. The third-order valence-electron chi connectivity index (χ3n) is 6.80. The summed E-state index contributed by atoms with van der Waals surface area (Å²) >= 11 is 13.7. The maximum Gasteiger partial charge on any atom is 0.265 e. The Morgan fingerprint density at radius 3 is 2.44 bits per heavy atom. The lowest BCUT2D eigenvalue weighted by Crippen LogP contribution is -2.47. The molecule has 39 heavy (non-hydrogen) atoms. The Morgan fingerprint density at radius 2 is 1.67 bits per heavy atom. The van der Waals surface area contributed by atoms with E-state index < -0.39 is 0 Å². The van der Waals surface area contributed by atoms with Crippen molar-refractivity contribution in [3.05, 3.63) is 93.3 Å². The highest BCUT2D eigenvalue weighted by molar-refractivity contribution is 8.04. The first-order chi connectivity index (χ1) is 19.0. The fourth-order valence-electron chi connectivity index (χ4n) is 4.80. The van der Waals surface area contributed by atoms with E-state index in [1.807, 2.05) is 66.7 Å². The van der Waals surface area contributed by atoms with E-state index in [0.717, 1.165) is 66.0 Å². The first kappa shape index (κ1) is 27.6. The Balaban J connectivity index is 1.12. The van der Waals surface area contributed by atoms with Crippen molar-refractivity contribution in [3.8, 4) is 0 Å². The second-order valence-electron chi connectivity index (χ2n) is 9.54. The van der Waals surface area contributed by atoms with Gasteiger partial charge in [-0.2, -0.15) is 0 Å². The summed E-state index contributed by atoms with van der Waals surface area (Å²) in [6.07, 6.45) is 2.68. The second kappa shape index (κ2) is 12.9. The molecule has 0 radical (unpaired) electrons. The lowest BCUT2D eigenvalue weighted by atomic mass is 10.2. The number of amides is 2. The van der Waals surface area contributed by atoms with Crippen LogP contribution in [0.15, 0.2) is 82.6 Å². The summed E-state index contributed by atoms with van der Waals surface area (Å²) in [5, 5.41) is 4.37. The van der Waals surface area contributed by atoms with Crippen molar-refractivity contribution in [1.82, 2.24) is 10.2 Å². The molecule has 5 rings (SSSR count). The Hall–Kier alpha value is -2.97. The maximum absolute atomic E-state index is 13.4. The summed E-state index contributed by atoms with van der Waals surface area (Å²) in [7, 11) is 0. The summed E-state index contributed by atoms with van der Waals surface area (Å²) in [5.41, 5.74) is 2.76. The number of hydrogen-bond acceptors (Lipinski definition) is 5. The molecule has 0 bridgehead atoms. The number of nitrogens with zero attached hydrogens (tertiary/aromatic N) is 3. The van der Waals surface area contributed by atoms with Crippen LogP contribution in [0.3, 0.4) is 0 Å². The zero-order chi connectivity index (χ0) is 27.2. The number of fused-ring (bicyclic) bond motifs is 1. The van der Waals surface area contributed by atoms with Crippen molar-refractivity contribution >= 4 is 64.2 Å². The molecule has 6 nitrogen and oxygen atoms in total. The summed E-state index contributed by atoms with van der Waals surface area (Å²) < 4.78 is 0. The largest absolute Gasteiger partial charge is 0.369 e. The van der Waals surface area contributed by atoms with Crippen LogP contribution in [-0.2, 0) is 9.59 Å². The van der Waals surface area contributed by atoms with E-state index in [1.165, 1.54) is 11.8 Å². The normalized spacial score (nSPS) is 16.9. The minimum Gasteiger partial charge on any atom is -0.369 e. The fraction of sp³-hybridized carbons (Fsp3) is 0.267. The summed E-state index contributed by atoms with van der Waals surface area (Å²) in [5.74, 6) is -0.357. The molecule has 1 saturated heterocycles. The molecule has 0 spiro atoms. The van der Waals surface area contributed by atoms with Gasteiger partial charge >= 0.3 is 0 Å². The van der Waals surface area contributed by atoms with Gasteiger partial charge in [0.1, 0.15) is 6.54 Å². The Bertz CT molecular complexity index is 1370. The average molecular weight is 582 g/mol. The zero-order valence-corrected chi connectivity index (χ0v) is 23.8.